The van der Waals surface area contributed by atoms with Gasteiger partial charge in [0.15, 0.2) is 5.13 Å². The zero-order valence-corrected chi connectivity index (χ0v) is 11.5. The average molecular weight is 272 g/mol. The van der Waals surface area contributed by atoms with Crippen LogP contribution in [0.3, 0.4) is 0 Å². The van der Waals surface area contributed by atoms with E-state index in [1.165, 1.54) is 25.6 Å². The molecule has 0 aliphatic heterocycles. The summed E-state index contributed by atoms with van der Waals surface area (Å²) in [5.41, 5.74) is 0.926. The first kappa shape index (κ1) is 14.4. The van der Waals surface area contributed by atoms with Crippen LogP contribution < -0.4 is 4.90 Å². The molecule has 6 nitrogen and oxygen atoms in total. The first-order chi connectivity index (χ1) is 8.60. The summed E-state index contributed by atoms with van der Waals surface area (Å²) < 4.78 is 9.19. The molecular formula is C11H16N2O4S. The number of rotatable bonds is 6. The molecule has 1 heterocycles. The van der Waals surface area contributed by atoms with E-state index in [0.29, 0.717) is 5.13 Å². The molecular weight excluding hydrogens is 256 g/mol. The number of thiazole rings is 1. The quantitative estimate of drug-likeness (QED) is 0.715. The molecule has 7 heteroatoms. The molecule has 0 N–H and O–H groups in total. The molecule has 1 aromatic heterocycles. The number of methoxy groups -OCH3 is 2. The van der Waals surface area contributed by atoms with Crippen LogP contribution in [0.15, 0.2) is 5.38 Å². The predicted octanol–water partition coefficient (Wildman–Crippen LogP) is 0.858. The zero-order valence-electron chi connectivity index (χ0n) is 10.6. The van der Waals surface area contributed by atoms with Crippen molar-refractivity contribution >= 4 is 28.4 Å². The average Bonchev–Trinajstić information content (AvgIpc) is 2.86. The fourth-order valence-electron chi connectivity index (χ4n) is 1.24. The van der Waals surface area contributed by atoms with Crippen molar-refractivity contribution < 1.29 is 19.1 Å². The van der Waals surface area contributed by atoms with E-state index < -0.39 is 11.9 Å². The Balaban J connectivity index is 2.81. The molecule has 0 atom stereocenters. The van der Waals surface area contributed by atoms with Crippen molar-refractivity contribution in [2.45, 2.75) is 13.3 Å². The van der Waals surface area contributed by atoms with E-state index >= 15 is 0 Å². The fourth-order valence-corrected chi connectivity index (χ4v) is 2.14. The Hall–Kier alpha value is -1.63. The summed E-state index contributed by atoms with van der Waals surface area (Å²) in [5, 5.41) is 2.51. The Morgan fingerprint density at radius 2 is 1.83 bits per heavy atom. The van der Waals surface area contributed by atoms with Crippen molar-refractivity contribution in [1.29, 1.82) is 0 Å². The molecule has 0 saturated heterocycles. The molecule has 1 aromatic rings. The largest absolute Gasteiger partial charge is 0.468 e. The molecule has 0 aromatic carbocycles. The summed E-state index contributed by atoms with van der Waals surface area (Å²) in [6.07, 6.45) is 0.806. The van der Waals surface area contributed by atoms with Crippen LogP contribution in [0, 0.1) is 0 Å². The molecule has 0 bridgehead atoms. The number of ether oxygens (including phenoxy) is 2. The zero-order chi connectivity index (χ0) is 13.5. The maximum absolute atomic E-state index is 11.3. The Morgan fingerprint density at radius 3 is 2.22 bits per heavy atom. The Bertz CT molecular complexity index is 401. The number of esters is 2. The van der Waals surface area contributed by atoms with Gasteiger partial charge in [-0.15, -0.1) is 11.3 Å². The van der Waals surface area contributed by atoms with Crippen molar-refractivity contribution in [2.24, 2.45) is 0 Å². The number of nitrogens with zero attached hydrogens (tertiary/aromatic N) is 2. The van der Waals surface area contributed by atoms with E-state index in [4.69, 9.17) is 0 Å². The van der Waals surface area contributed by atoms with Crippen LogP contribution in [0.2, 0.25) is 0 Å². The molecule has 0 aliphatic carbocycles. The van der Waals surface area contributed by atoms with Crippen molar-refractivity contribution in [3.63, 3.8) is 0 Å². The van der Waals surface area contributed by atoms with Crippen molar-refractivity contribution in [2.75, 3.05) is 32.2 Å². The van der Waals surface area contributed by atoms with Crippen molar-refractivity contribution in [1.82, 2.24) is 4.98 Å². The maximum atomic E-state index is 11.3. The molecule has 18 heavy (non-hydrogen) atoms. The van der Waals surface area contributed by atoms with Gasteiger partial charge in [0, 0.05) is 5.38 Å². The number of anilines is 1. The second kappa shape index (κ2) is 6.95. The van der Waals surface area contributed by atoms with Gasteiger partial charge < -0.3 is 14.4 Å². The minimum Gasteiger partial charge on any atom is -0.468 e. The van der Waals surface area contributed by atoms with Gasteiger partial charge >= 0.3 is 11.9 Å². The van der Waals surface area contributed by atoms with Crippen LogP contribution in [-0.4, -0.2) is 44.2 Å². The van der Waals surface area contributed by atoms with Crippen LogP contribution in [0.1, 0.15) is 12.6 Å². The van der Waals surface area contributed by atoms with E-state index in [9.17, 15) is 9.59 Å². The van der Waals surface area contributed by atoms with E-state index in [1.807, 2.05) is 12.3 Å². The lowest BCUT2D eigenvalue weighted by Gasteiger charge is -2.18. The summed E-state index contributed by atoms with van der Waals surface area (Å²) in [6.45, 7) is 1.94. The summed E-state index contributed by atoms with van der Waals surface area (Å²) >= 11 is 1.39. The van der Waals surface area contributed by atoms with Gasteiger partial charge in [-0.25, -0.2) is 4.98 Å². The lowest BCUT2D eigenvalue weighted by atomic mass is 10.4. The molecule has 0 radical (unpaired) electrons. The highest BCUT2D eigenvalue weighted by atomic mass is 32.1. The third kappa shape index (κ3) is 3.99. The number of hydrogen-bond donors (Lipinski definition) is 0. The Morgan fingerprint density at radius 1 is 1.28 bits per heavy atom. The molecule has 0 amide bonds. The van der Waals surface area contributed by atoms with Gasteiger partial charge in [-0.3, -0.25) is 9.59 Å². The third-order valence-electron chi connectivity index (χ3n) is 2.27. The topological polar surface area (TPSA) is 68.7 Å². The Kier molecular flexibility index (Phi) is 5.57. The SMILES string of the molecule is CCc1csc(N(CC(=O)OC)CC(=O)OC)n1. The minimum absolute atomic E-state index is 0.0255. The van der Waals surface area contributed by atoms with Crippen LogP contribution >= 0.6 is 11.3 Å². The van der Waals surface area contributed by atoms with Gasteiger partial charge in [0.1, 0.15) is 13.1 Å². The number of aryl methyl sites for hydroxylation is 1. The number of hydrogen-bond acceptors (Lipinski definition) is 7. The third-order valence-corrected chi connectivity index (χ3v) is 3.22. The first-order valence-electron chi connectivity index (χ1n) is 5.43. The van der Waals surface area contributed by atoms with Gasteiger partial charge in [-0.1, -0.05) is 6.92 Å². The van der Waals surface area contributed by atoms with Gasteiger partial charge in [-0.2, -0.15) is 0 Å². The fraction of sp³-hybridized carbons (Fsp3) is 0.545. The lowest BCUT2D eigenvalue weighted by Crippen LogP contribution is -2.35. The van der Waals surface area contributed by atoms with E-state index in [0.717, 1.165) is 12.1 Å². The van der Waals surface area contributed by atoms with Crippen LogP contribution in [0.5, 0.6) is 0 Å². The van der Waals surface area contributed by atoms with Crippen molar-refractivity contribution in [3.8, 4) is 0 Å². The van der Waals surface area contributed by atoms with Crippen LogP contribution in [-0.2, 0) is 25.5 Å². The first-order valence-corrected chi connectivity index (χ1v) is 6.31. The standard InChI is InChI=1S/C11H16N2O4S/c1-4-8-7-18-11(12-8)13(5-9(14)16-2)6-10(15)17-3/h7H,4-6H2,1-3H3. The molecule has 0 saturated carbocycles. The minimum atomic E-state index is -0.424. The monoisotopic (exact) mass is 272 g/mol. The summed E-state index contributed by atoms with van der Waals surface area (Å²) in [4.78, 5) is 28.5. The lowest BCUT2D eigenvalue weighted by molar-refractivity contribution is -0.140. The number of aromatic nitrogens is 1. The van der Waals surface area contributed by atoms with Crippen molar-refractivity contribution in [3.05, 3.63) is 11.1 Å². The van der Waals surface area contributed by atoms with E-state index in [1.54, 1.807) is 4.90 Å². The van der Waals surface area contributed by atoms with E-state index in [2.05, 4.69) is 14.5 Å². The van der Waals surface area contributed by atoms with Gasteiger partial charge in [-0.05, 0) is 6.42 Å². The molecule has 0 aliphatic rings. The molecule has 1 rings (SSSR count). The van der Waals surface area contributed by atoms with Crippen LogP contribution in [0.4, 0.5) is 5.13 Å². The number of carbonyl (C=O) groups is 2. The summed E-state index contributed by atoms with van der Waals surface area (Å²) in [6, 6.07) is 0. The maximum Gasteiger partial charge on any atom is 0.325 e. The summed E-state index contributed by atoms with van der Waals surface area (Å²) in [5.74, 6) is -0.848. The molecule has 0 fully saturated rings. The molecule has 0 unspecified atom stereocenters. The second-order valence-electron chi connectivity index (χ2n) is 3.48. The second-order valence-corrected chi connectivity index (χ2v) is 4.32. The smallest absolute Gasteiger partial charge is 0.325 e. The van der Waals surface area contributed by atoms with Crippen LogP contribution in [0.25, 0.3) is 0 Å². The van der Waals surface area contributed by atoms with Gasteiger partial charge in [0.2, 0.25) is 0 Å². The van der Waals surface area contributed by atoms with Gasteiger partial charge in [0.05, 0.1) is 19.9 Å². The summed E-state index contributed by atoms with van der Waals surface area (Å²) in [7, 11) is 2.61. The normalized spacial score (nSPS) is 9.94. The molecule has 0 spiro atoms. The predicted molar refractivity (Wildman–Crippen MR) is 67.7 cm³/mol. The highest BCUT2D eigenvalue weighted by Gasteiger charge is 2.18. The Labute approximate surface area is 110 Å². The molecule has 100 valence electrons. The highest BCUT2D eigenvalue weighted by molar-refractivity contribution is 7.13. The van der Waals surface area contributed by atoms with E-state index in [-0.39, 0.29) is 13.1 Å². The number of carbonyl (C=O) groups excluding carboxylic acids is 2. The van der Waals surface area contributed by atoms with Gasteiger partial charge in [0.25, 0.3) is 0 Å². The highest BCUT2D eigenvalue weighted by Crippen LogP contribution is 2.20.